The van der Waals surface area contributed by atoms with Gasteiger partial charge < -0.3 is 5.32 Å². The monoisotopic (exact) mass is 333 g/mol. The predicted octanol–water partition coefficient (Wildman–Crippen LogP) is 3.16. The molecule has 5 heteroatoms. The van der Waals surface area contributed by atoms with Crippen molar-refractivity contribution in [3.8, 4) is 0 Å². The van der Waals surface area contributed by atoms with Gasteiger partial charge >= 0.3 is 0 Å². The van der Waals surface area contributed by atoms with Crippen LogP contribution in [-0.2, 0) is 19.4 Å². The third-order valence-corrected chi connectivity index (χ3v) is 4.73. The highest BCUT2D eigenvalue weighted by Gasteiger charge is 2.17. The van der Waals surface area contributed by atoms with Gasteiger partial charge in [0.2, 0.25) is 0 Å². The first-order chi connectivity index (χ1) is 12.2. The molecule has 0 bridgehead atoms. The van der Waals surface area contributed by atoms with E-state index in [1.165, 1.54) is 0 Å². The number of amides is 1. The molecular formula is C20H19N3O2. The normalized spacial score (nSPS) is 13.0. The van der Waals surface area contributed by atoms with E-state index < -0.39 is 0 Å². The van der Waals surface area contributed by atoms with Gasteiger partial charge in [0.25, 0.3) is 11.5 Å². The van der Waals surface area contributed by atoms with Crippen molar-refractivity contribution in [3.05, 3.63) is 69.8 Å². The van der Waals surface area contributed by atoms with Gasteiger partial charge in [0, 0.05) is 24.2 Å². The Hall–Kier alpha value is -2.95. The van der Waals surface area contributed by atoms with E-state index in [1.54, 1.807) is 22.8 Å². The number of aryl methyl sites for hydroxylation is 2. The topological polar surface area (TPSA) is 64.0 Å². The third-order valence-electron chi connectivity index (χ3n) is 4.73. The van der Waals surface area contributed by atoms with E-state index in [0.29, 0.717) is 16.5 Å². The molecule has 4 rings (SSSR count). The first-order valence-electron chi connectivity index (χ1n) is 8.60. The van der Waals surface area contributed by atoms with Crippen molar-refractivity contribution in [1.29, 1.82) is 0 Å². The van der Waals surface area contributed by atoms with Crippen molar-refractivity contribution in [1.82, 2.24) is 9.55 Å². The molecule has 0 atom stereocenters. The number of fused-ring (bicyclic) bond motifs is 2. The lowest BCUT2D eigenvalue weighted by atomic mass is 10.1. The lowest BCUT2D eigenvalue weighted by molar-refractivity contribution is 0.102. The fourth-order valence-electron chi connectivity index (χ4n) is 3.37. The molecule has 0 fully saturated rings. The molecule has 0 aliphatic carbocycles. The SMILES string of the molecule is CCc1ccccc1NC(=O)c1ccc2c(=O)n3c(nc2c1)CCC3. The molecule has 1 N–H and O–H groups in total. The summed E-state index contributed by atoms with van der Waals surface area (Å²) in [5.74, 6) is 0.622. The Labute approximate surface area is 145 Å². The van der Waals surface area contributed by atoms with Crippen LogP contribution in [0.1, 0.15) is 35.1 Å². The number of para-hydroxylation sites is 1. The summed E-state index contributed by atoms with van der Waals surface area (Å²) in [5.41, 5.74) is 2.99. The Bertz CT molecular complexity index is 1040. The summed E-state index contributed by atoms with van der Waals surface area (Å²) in [5, 5.41) is 3.53. The maximum absolute atomic E-state index is 12.6. The second-order valence-electron chi connectivity index (χ2n) is 6.29. The van der Waals surface area contributed by atoms with Crippen molar-refractivity contribution in [2.24, 2.45) is 0 Å². The Balaban J connectivity index is 1.71. The molecule has 0 unspecified atom stereocenters. The zero-order valence-corrected chi connectivity index (χ0v) is 14.1. The number of nitrogens with one attached hydrogen (secondary N) is 1. The van der Waals surface area contributed by atoms with Gasteiger partial charge in [-0.15, -0.1) is 0 Å². The summed E-state index contributed by atoms with van der Waals surface area (Å²) >= 11 is 0. The highest BCUT2D eigenvalue weighted by molar-refractivity contribution is 6.06. The van der Waals surface area contributed by atoms with Gasteiger partial charge in [-0.05, 0) is 42.7 Å². The van der Waals surface area contributed by atoms with Crippen LogP contribution >= 0.6 is 0 Å². The van der Waals surface area contributed by atoms with Gasteiger partial charge in [-0.3, -0.25) is 14.2 Å². The minimum Gasteiger partial charge on any atom is -0.322 e. The fourth-order valence-corrected chi connectivity index (χ4v) is 3.37. The molecule has 1 aromatic heterocycles. The maximum Gasteiger partial charge on any atom is 0.261 e. The highest BCUT2D eigenvalue weighted by Crippen LogP contribution is 2.19. The van der Waals surface area contributed by atoms with Crippen LogP contribution in [0.5, 0.6) is 0 Å². The van der Waals surface area contributed by atoms with Crippen LogP contribution in [0.4, 0.5) is 5.69 Å². The van der Waals surface area contributed by atoms with Gasteiger partial charge in [-0.1, -0.05) is 25.1 Å². The molecule has 3 aromatic rings. The molecule has 25 heavy (non-hydrogen) atoms. The van der Waals surface area contributed by atoms with E-state index in [9.17, 15) is 9.59 Å². The number of hydrogen-bond acceptors (Lipinski definition) is 3. The standard InChI is InChI=1S/C20H19N3O2/c1-2-13-6-3-4-7-16(13)22-19(24)14-9-10-15-17(12-14)21-18-8-5-11-23(18)20(15)25/h3-4,6-7,9-10,12H,2,5,8,11H2,1H3,(H,22,24). The molecule has 1 amide bonds. The first-order valence-corrected chi connectivity index (χ1v) is 8.60. The summed E-state index contributed by atoms with van der Waals surface area (Å²) in [6.07, 6.45) is 2.60. The van der Waals surface area contributed by atoms with Crippen LogP contribution in [0.15, 0.2) is 47.3 Å². The van der Waals surface area contributed by atoms with E-state index in [4.69, 9.17) is 0 Å². The van der Waals surface area contributed by atoms with E-state index in [0.717, 1.165) is 42.9 Å². The summed E-state index contributed by atoms with van der Waals surface area (Å²) in [6.45, 7) is 2.78. The molecule has 0 spiro atoms. The Morgan fingerprint density at radius 1 is 1.24 bits per heavy atom. The summed E-state index contributed by atoms with van der Waals surface area (Å²) in [7, 11) is 0. The molecule has 1 aliphatic rings. The fraction of sp³-hybridized carbons (Fsp3) is 0.250. The molecule has 2 heterocycles. The van der Waals surface area contributed by atoms with Crippen molar-refractivity contribution < 1.29 is 4.79 Å². The molecule has 126 valence electrons. The van der Waals surface area contributed by atoms with Crippen molar-refractivity contribution in [3.63, 3.8) is 0 Å². The van der Waals surface area contributed by atoms with Gasteiger partial charge in [0.05, 0.1) is 10.9 Å². The summed E-state index contributed by atoms with van der Waals surface area (Å²) in [6, 6.07) is 12.9. The Morgan fingerprint density at radius 3 is 2.92 bits per heavy atom. The number of benzene rings is 2. The van der Waals surface area contributed by atoms with Crippen LogP contribution in [0, 0.1) is 0 Å². The molecular weight excluding hydrogens is 314 g/mol. The molecule has 1 aliphatic heterocycles. The third kappa shape index (κ3) is 2.71. The zero-order valence-electron chi connectivity index (χ0n) is 14.1. The van der Waals surface area contributed by atoms with Gasteiger partial charge in [0.1, 0.15) is 5.82 Å². The zero-order chi connectivity index (χ0) is 17.4. The number of hydrogen-bond donors (Lipinski definition) is 1. The summed E-state index contributed by atoms with van der Waals surface area (Å²) in [4.78, 5) is 29.7. The predicted molar refractivity (Wildman–Crippen MR) is 98.1 cm³/mol. The highest BCUT2D eigenvalue weighted by atomic mass is 16.1. The van der Waals surface area contributed by atoms with Crippen molar-refractivity contribution >= 4 is 22.5 Å². The average molecular weight is 333 g/mol. The second-order valence-corrected chi connectivity index (χ2v) is 6.29. The second kappa shape index (κ2) is 6.16. The smallest absolute Gasteiger partial charge is 0.261 e. The first kappa shape index (κ1) is 15.6. The van der Waals surface area contributed by atoms with Crippen LogP contribution in [0.2, 0.25) is 0 Å². The molecule has 0 saturated carbocycles. The number of anilines is 1. The number of rotatable bonds is 3. The number of aromatic nitrogens is 2. The molecule has 5 nitrogen and oxygen atoms in total. The number of carbonyl (C=O) groups excluding carboxylic acids is 1. The van der Waals surface area contributed by atoms with Crippen LogP contribution in [0.3, 0.4) is 0 Å². The molecule has 0 radical (unpaired) electrons. The minimum atomic E-state index is -0.190. The number of carbonyl (C=O) groups is 1. The largest absolute Gasteiger partial charge is 0.322 e. The van der Waals surface area contributed by atoms with Gasteiger partial charge in [0.15, 0.2) is 0 Å². The molecule has 0 saturated heterocycles. The quantitative estimate of drug-likeness (QED) is 0.801. The molecule has 2 aromatic carbocycles. The van der Waals surface area contributed by atoms with E-state index in [2.05, 4.69) is 17.2 Å². The lowest BCUT2D eigenvalue weighted by Gasteiger charge is -2.10. The van der Waals surface area contributed by atoms with E-state index in [1.807, 2.05) is 24.3 Å². The van der Waals surface area contributed by atoms with Crippen LogP contribution in [0.25, 0.3) is 10.9 Å². The number of nitrogens with zero attached hydrogens (tertiary/aromatic N) is 2. The van der Waals surface area contributed by atoms with Gasteiger partial charge in [-0.25, -0.2) is 4.98 Å². The van der Waals surface area contributed by atoms with E-state index in [-0.39, 0.29) is 11.5 Å². The lowest BCUT2D eigenvalue weighted by Crippen LogP contribution is -2.21. The Morgan fingerprint density at radius 2 is 2.08 bits per heavy atom. The maximum atomic E-state index is 12.6. The van der Waals surface area contributed by atoms with Crippen molar-refractivity contribution in [2.45, 2.75) is 32.7 Å². The average Bonchev–Trinajstić information content (AvgIpc) is 3.10. The van der Waals surface area contributed by atoms with Crippen LogP contribution < -0.4 is 10.9 Å². The Kier molecular flexibility index (Phi) is 3.84. The van der Waals surface area contributed by atoms with E-state index >= 15 is 0 Å². The minimum absolute atomic E-state index is 0.0132. The van der Waals surface area contributed by atoms with Crippen molar-refractivity contribution in [2.75, 3.05) is 5.32 Å². The van der Waals surface area contributed by atoms with Gasteiger partial charge in [-0.2, -0.15) is 0 Å². The van der Waals surface area contributed by atoms with Crippen LogP contribution in [-0.4, -0.2) is 15.5 Å². The summed E-state index contributed by atoms with van der Waals surface area (Å²) < 4.78 is 1.74.